The molecule has 1 aromatic heterocycles. The molecule has 0 fully saturated rings. The summed E-state index contributed by atoms with van der Waals surface area (Å²) in [6.45, 7) is 1.84. The molecule has 0 radical (unpaired) electrons. The van der Waals surface area contributed by atoms with Gasteiger partial charge in [0.25, 0.3) is 5.56 Å². The Morgan fingerprint density at radius 1 is 1.33 bits per heavy atom. The Morgan fingerprint density at radius 3 is 2.50 bits per heavy atom. The Morgan fingerprint density at radius 2 is 1.94 bits per heavy atom. The van der Waals surface area contributed by atoms with Crippen molar-refractivity contribution in [2.45, 2.75) is 11.8 Å². The molecule has 4 nitrogen and oxygen atoms in total. The Kier molecular flexibility index (Phi) is 3.82. The van der Waals surface area contributed by atoms with Crippen molar-refractivity contribution in [2.24, 2.45) is 7.05 Å². The molecule has 0 unspecified atom stereocenters. The van der Waals surface area contributed by atoms with Crippen LogP contribution in [0.4, 0.5) is 0 Å². The molecule has 0 spiro atoms. The first-order valence-electron chi connectivity index (χ1n) is 5.16. The van der Waals surface area contributed by atoms with Gasteiger partial charge in [-0.1, -0.05) is 0 Å². The Balaban J connectivity index is 2.66. The van der Waals surface area contributed by atoms with Crippen LogP contribution in [0, 0.1) is 21.2 Å². The van der Waals surface area contributed by atoms with Gasteiger partial charge >= 0.3 is 0 Å². The van der Waals surface area contributed by atoms with Crippen LogP contribution in [-0.4, -0.2) is 9.36 Å². The molecular weight excluding hydrogens is 361 g/mol. The predicted octanol–water partition coefficient (Wildman–Crippen LogP) is 2.66. The quantitative estimate of drug-likeness (QED) is 0.463. The molecule has 0 aliphatic carbocycles. The van der Waals surface area contributed by atoms with E-state index in [0.29, 0.717) is 4.90 Å². The number of nitrogens with zero attached hydrogens (tertiary/aromatic N) is 3. The van der Waals surface area contributed by atoms with Crippen molar-refractivity contribution in [3.05, 3.63) is 43.9 Å². The Labute approximate surface area is 122 Å². The first-order valence-corrected chi connectivity index (χ1v) is 7.06. The lowest BCUT2D eigenvalue weighted by Gasteiger charge is -2.07. The van der Waals surface area contributed by atoms with Gasteiger partial charge in [0, 0.05) is 10.6 Å². The third kappa shape index (κ3) is 2.20. The molecule has 2 rings (SSSR count). The third-order valence-electron chi connectivity index (χ3n) is 2.72. The van der Waals surface area contributed by atoms with Gasteiger partial charge in [-0.25, -0.2) is 4.68 Å². The molecule has 1 heterocycles. The monoisotopic (exact) mass is 371 g/mol. The van der Waals surface area contributed by atoms with E-state index in [9.17, 15) is 4.79 Å². The van der Waals surface area contributed by atoms with Gasteiger partial charge in [-0.15, -0.1) is 0 Å². The second-order valence-electron chi connectivity index (χ2n) is 3.72. The third-order valence-corrected chi connectivity index (χ3v) is 4.20. The molecule has 92 valence electrons. The summed E-state index contributed by atoms with van der Waals surface area (Å²) in [5, 5.41) is 10.7. The topological polar surface area (TPSA) is 50.7 Å². The van der Waals surface area contributed by atoms with E-state index in [1.54, 1.807) is 9.36 Å². The lowest BCUT2D eigenvalue weighted by molar-refractivity contribution is 0.630. The van der Waals surface area contributed by atoms with Gasteiger partial charge in [-0.05, 0) is 65.5 Å². The van der Waals surface area contributed by atoms with Crippen molar-refractivity contribution in [1.29, 1.82) is 5.26 Å². The van der Waals surface area contributed by atoms with Crippen molar-refractivity contribution < 1.29 is 0 Å². The molecule has 0 saturated heterocycles. The Hall–Kier alpha value is -1.20. The molecule has 6 heteroatoms. The van der Waals surface area contributed by atoms with Gasteiger partial charge < -0.3 is 0 Å². The van der Waals surface area contributed by atoms with Crippen LogP contribution < -0.4 is 5.56 Å². The van der Waals surface area contributed by atoms with Crippen LogP contribution in [-0.2, 0) is 7.05 Å². The number of benzene rings is 1. The summed E-state index contributed by atoms with van der Waals surface area (Å²) in [7, 11) is 1.82. The fourth-order valence-corrected chi connectivity index (χ4v) is 2.62. The summed E-state index contributed by atoms with van der Waals surface area (Å²) < 4.78 is 4.46. The molecule has 0 aliphatic heterocycles. The predicted molar refractivity (Wildman–Crippen MR) is 79.9 cm³/mol. The van der Waals surface area contributed by atoms with E-state index in [2.05, 4.69) is 22.6 Å². The summed E-state index contributed by atoms with van der Waals surface area (Å²) in [5.41, 5.74) is 1.45. The zero-order valence-electron chi connectivity index (χ0n) is 9.85. The van der Waals surface area contributed by atoms with Crippen LogP contribution in [0.3, 0.4) is 0 Å². The van der Waals surface area contributed by atoms with E-state index < -0.39 is 0 Å². The second kappa shape index (κ2) is 5.20. The maximum Gasteiger partial charge on any atom is 0.286 e. The van der Waals surface area contributed by atoms with Crippen LogP contribution >= 0.6 is 34.4 Å². The molecule has 1 aromatic carbocycles. The standard InChI is InChI=1S/C12H10IN3OS/c1-8-11(18-7-14)12(17)16(15(8)2)10-5-3-9(13)4-6-10/h3-6H,1-2H3. The number of hydrogen-bond acceptors (Lipinski definition) is 3. The molecular formula is C12H10IN3OS. The average Bonchev–Trinajstić information content (AvgIpc) is 2.56. The van der Waals surface area contributed by atoms with Gasteiger partial charge in [0.1, 0.15) is 10.3 Å². The highest BCUT2D eigenvalue weighted by atomic mass is 127. The summed E-state index contributed by atoms with van der Waals surface area (Å²) in [6.07, 6.45) is 0. The lowest BCUT2D eigenvalue weighted by atomic mass is 10.3. The highest BCUT2D eigenvalue weighted by Crippen LogP contribution is 2.19. The number of aromatic nitrogens is 2. The van der Waals surface area contributed by atoms with Crippen LogP contribution in [0.2, 0.25) is 0 Å². The van der Waals surface area contributed by atoms with E-state index in [4.69, 9.17) is 5.26 Å². The normalized spacial score (nSPS) is 10.3. The van der Waals surface area contributed by atoms with E-state index in [-0.39, 0.29) is 5.56 Å². The zero-order chi connectivity index (χ0) is 13.3. The van der Waals surface area contributed by atoms with Crippen molar-refractivity contribution in [1.82, 2.24) is 9.36 Å². The maximum atomic E-state index is 12.3. The lowest BCUT2D eigenvalue weighted by Crippen LogP contribution is -2.19. The molecule has 0 bridgehead atoms. The van der Waals surface area contributed by atoms with E-state index in [1.807, 2.05) is 43.6 Å². The van der Waals surface area contributed by atoms with Gasteiger partial charge in [-0.2, -0.15) is 5.26 Å². The number of nitriles is 1. The molecule has 2 aromatic rings. The SMILES string of the molecule is Cc1c(SC#N)c(=O)n(-c2ccc(I)cc2)n1C. The number of thioether (sulfide) groups is 1. The molecule has 0 saturated carbocycles. The zero-order valence-corrected chi connectivity index (χ0v) is 12.8. The number of hydrogen-bond donors (Lipinski definition) is 0. The molecule has 0 atom stereocenters. The number of rotatable bonds is 2. The maximum absolute atomic E-state index is 12.3. The minimum atomic E-state index is -0.150. The van der Waals surface area contributed by atoms with E-state index in [0.717, 1.165) is 26.7 Å². The second-order valence-corrected chi connectivity index (χ2v) is 5.77. The van der Waals surface area contributed by atoms with Crippen LogP contribution in [0.5, 0.6) is 0 Å². The van der Waals surface area contributed by atoms with Crippen molar-refractivity contribution in [3.8, 4) is 11.1 Å². The fraction of sp³-hybridized carbons (Fsp3) is 0.167. The van der Waals surface area contributed by atoms with Crippen molar-refractivity contribution in [3.63, 3.8) is 0 Å². The van der Waals surface area contributed by atoms with Gasteiger partial charge in [0.2, 0.25) is 0 Å². The van der Waals surface area contributed by atoms with Gasteiger partial charge in [0.15, 0.2) is 0 Å². The fourth-order valence-electron chi connectivity index (χ4n) is 1.72. The van der Waals surface area contributed by atoms with Crippen molar-refractivity contribution in [2.75, 3.05) is 0 Å². The van der Waals surface area contributed by atoms with Crippen LogP contribution in [0.25, 0.3) is 5.69 Å². The van der Waals surface area contributed by atoms with E-state index >= 15 is 0 Å². The van der Waals surface area contributed by atoms with E-state index in [1.165, 1.54) is 0 Å². The highest BCUT2D eigenvalue weighted by Gasteiger charge is 2.16. The van der Waals surface area contributed by atoms with Crippen molar-refractivity contribution >= 4 is 34.4 Å². The first-order chi connectivity index (χ1) is 8.56. The first kappa shape index (κ1) is 13.2. The average molecular weight is 371 g/mol. The Bertz CT molecular complexity index is 679. The minimum Gasteiger partial charge on any atom is -0.284 e. The van der Waals surface area contributed by atoms with Gasteiger partial charge in [-0.3, -0.25) is 9.48 Å². The summed E-state index contributed by atoms with van der Waals surface area (Å²) in [5.74, 6) is 0. The molecule has 0 N–H and O–H groups in total. The summed E-state index contributed by atoms with van der Waals surface area (Å²) in [6, 6.07) is 7.68. The molecule has 0 aliphatic rings. The number of halogens is 1. The summed E-state index contributed by atoms with van der Waals surface area (Å²) >= 11 is 3.13. The van der Waals surface area contributed by atoms with Crippen LogP contribution in [0.1, 0.15) is 5.69 Å². The van der Waals surface area contributed by atoms with Gasteiger partial charge in [0.05, 0.1) is 11.4 Å². The highest BCUT2D eigenvalue weighted by molar-refractivity contribution is 14.1. The smallest absolute Gasteiger partial charge is 0.284 e. The minimum absolute atomic E-state index is 0.150. The number of thiocyanates is 1. The largest absolute Gasteiger partial charge is 0.286 e. The molecule has 18 heavy (non-hydrogen) atoms. The molecule has 0 amide bonds. The summed E-state index contributed by atoms with van der Waals surface area (Å²) in [4.78, 5) is 12.7. The van der Waals surface area contributed by atoms with Crippen LogP contribution in [0.15, 0.2) is 34.0 Å².